The number of carbonyl (C=O) groups is 2. The van der Waals surface area contributed by atoms with E-state index in [4.69, 9.17) is 9.52 Å². The predicted octanol–water partition coefficient (Wildman–Crippen LogP) is 2.33. The molecular formula is C13H10O4. The third kappa shape index (κ3) is 2.25. The van der Waals surface area contributed by atoms with Crippen LogP contribution in [0.4, 0.5) is 0 Å². The molecule has 0 spiro atoms. The summed E-state index contributed by atoms with van der Waals surface area (Å²) < 4.78 is 5.00. The zero-order valence-corrected chi connectivity index (χ0v) is 8.87. The maximum atomic E-state index is 12.0. The van der Waals surface area contributed by atoms with Crippen LogP contribution in [0.15, 0.2) is 53.1 Å². The van der Waals surface area contributed by atoms with E-state index in [1.54, 1.807) is 36.4 Å². The number of Topliss-reactive ketones (excluding diaryl/α,β-unsaturated/α-hetero) is 1. The van der Waals surface area contributed by atoms with Gasteiger partial charge in [0.1, 0.15) is 5.76 Å². The molecule has 1 heterocycles. The van der Waals surface area contributed by atoms with E-state index in [0.717, 1.165) is 0 Å². The van der Waals surface area contributed by atoms with Crippen LogP contribution in [-0.4, -0.2) is 16.9 Å². The van der Waals surface area contributed by atoms with Crippen molar-refractivity contribution in [3.05, 3.63) is 60.1 Å². The summed E-state index contributed by atoms with van der Waals surface area (Å²) in [7, 11) is 0. The molecule has 0 bridgehead atoms. The molecule has 0 radical (unpaired) electrons. The van der Waals surface area contributed by atoms with Gasteiger partial charge in [0.2, 0.25) is 0 Å². The summed E-state index contributed by atoms with van der Waals surface area (Å²) in [6.07, 6.45) is 1.35. The summed E-state index contributed by atoms with van der Waals surface area (Å²) in [5.41, 5.74) is 0.358. The van der Waals surface area contributed by atoms with E-state index in [0.29, 0.717) is 5.56 Å². The fourth-order valence-corrected chi connectivity index (χ4v) is 1.59. The third-order valence-electron chi connectivity index (χ3n) is 2.40. The molecule has 1 atom stereocenters. The summed E-state index contributed by atoms with van der Waals surface area (Å²) in [5.74, 6) is -2.83. The fraction of sp³-hybridized carbons (Fsp3) is 0.0769. The van der Waals surface area contributed by atoms with Gasteiger partial charge in [0.15, 0.2) is 11.7 Å². The van der Waals surface area contributed by atoms with Crippen LogP contribution in [0.2, 0.25) is 0 Å². The minimum atomic E-state index is -1.28. The van der Waals surface area contributed by atoms with E-state index in [9.17, 15) is 9.59 Å². The zero-order chi connectivity index (χ0) is 12.3. The maximum Gasteiger partial charge on any atom is 0.322 e. The summed E-state index contributed by atoms with van der Waals surface area (Å²) in [5, 5.41) is 9.10. The van der Waals surface area contributed by atoms with E-state index >= 15 is 0 Å². The molecule has 4 heteroatoms. The second-order valence-corrected chi connectivity index (χ2v) is 3.52. The molecule has 1 N–H and O–H groups in total. The standard InChI is InChI=1S/C13H10O4/c14-12(9-5-2-1-3-6-9)11(13(15)16)10-7-4-8-17-10/h1-8,11H,(H,15,16). The average molecular weight is 230 g/mol. The van der Waals surface area contributed by atoms with Gasteiger partial charge in [-0.2, -0.15) is 0 Å². The highest BCUT2D eigenvalue weighted by molar-refractivity contribution is 6.12. The highest BCUT2D eigenvalue weighted by Crippen LogP contribution is 2.21. The largest absolute Gasteiger partial charge is 0.480 e. The van der Waals surface area contributed by atoms with E-state index in [2.05, 4.69) is 0 Å². The van der Waals surface area contributed by atoms with Gasteiger partial charge in [0, 0.05) is 5.56 Å². The Balaban J connectivity index is 2.36. The van der Waals surface area contributed by atoms with E-state index in [-0.39, 0.29) is 5.76 Å². The zero-order valence-electron chi connectivity index (χ0n) is 8.87. The van der Waals surface area contributed by atoms with Crippen molar-refractivity contribution in [3.8, 4) is 0 Å². The van der Waals surface area contributed by atoms with Crippen LogP contribution in [0.3, 0.4) is 0 Å². The average Bonchev–Trinajstić information content (AvgIpc) is 2.83. The Labute approximate surface area is 97.5 Å². The van der Waals surface area contributed by atoms with E-state index in [1.165, 1.54) is 12.3 Å². The summed E-state index contributed by atoms with van der Waals surface area (Å²) in [4.78, 5) is 23.2. The second-order valence-electron chi connectivity index (χ2n) is 3.52. The Morgan fingerprint density at radius 3 is 2.29 bits per heavy atom. The highest BCUT2D eigenvalue weighted by Gasteiger charge is 2.31. The quantitative estimate of drug-likeness (QED) is 0.646. The van der Waals surface area contributed by atoms with Crippen LogP contribution in [0.5, 0.6) is 0 Å². The van der Waals surface area contributed by atoms with Crippen molar-refractivity contribution in [2.45, 2.75) is 5.92 Å². The van der Waals surface area contributed by atoms with Gasteiger partial charge in [-0.05, 0) is 12.1 Å². The molecule has 2 rings (SSSR count). The molecule has 4 nitrogen and oxygen atoms in total. The number of aliphatic carboxylic acids is 1. The molecule has 2 aromatic rings. The van der Waals surface area contributed by atoms with Crippen LogP contribution < -0.4 is 0 Å². The molecule has 0 amide bonds. The molecule has 0 saturated carbocycles. The second kappa shape index (κ2) is 4.65. The van der Waals surface area contributed by atoms with Crippen molar-refractivity contribution in [1.82, 2.24) is 0 Å². The highest BCUT2D eigenvalue weighted by atomic mass is 16.4. The Hall–Kier alpha value is -2.36. The lowest BCUT2D eigenvalue weighted by molar-refractivity contribution is -0.137. The van der Waals surface area contributed by atoms with Crippen molar-refractivity contribution >= 4 is 11.8 Å². The minimum Gasteiger partial charge on any atom is -0.480 e. The van der Waals surface area contributed by atoms with Crippen LogP contribution in [0.1, 0.15) is 22.0 Å². The Kier molecular flexibility index (Phi) is 3.05. The monoisotopic (exact) mass is 230 g/mol. The molecule has 86 valence electrons. The normalized spacial score (nSPS) is 12.0. The van der Waals surface area contributed by atoms with Gasteiger partial charge in [0.25, 0.3) is 0 Å². The Morgan fingerprint density at radius 2 is 1.76 bits per heavy atom. The SMILES string of the molecule is O=C(O)C(C(=O)c1ccccc1)c1ccco1. The van der Waals surface area contributed by atoms with E-state index < -0.39 is 17.7 Å². The number of hydrogen-bond acceptors (Lipinski definition) is 3. The van der Waals surface area contributed by atoms with Gasteiger partial charge in [-0.1, -0.05) is 30.3 Å². The minimum absolute atomic E-state index is 0.145. The van der Waals surface area contributed by atoms with Gasteiger partial charge in [0.05, 0.1) is 6.26 Å². The van der Waals surface area contributed by atoms with Crippen LogP contribution in [0.25, 0.3) is 0 Å². The van der Waals surface area contributed by atoms with Gasteiger partial charge in [-0.3, -0.25) is 9.59 Å². The number of carboxylic acid groups (broad SMARTS) is 1. The number of hydrogen-bond donors (Lipinski definition) is 1. The molecule has 0 aliphatic rings. The first-order chi connectivity index (χ1) is 8.20. The summed E-state index contributed by atoms with van der Waals surface area (Å²) >= 11 is 0. The summed E-state index contributed by atoms with van der Waals surface area (Å²) in [6, 6.07) is 11.4. The fourth-order valence-electron chi connectivity index (χ4n) is 1.59. The predicted molar refractivity (Wildman–Crippen MR) is 59.9 cm³/mol. The molecular weight excluding hydrogens is 220 g/mol. The molecule has 1 unspecified atom stereocenters. The number of furan rings is 1. The lowest BCUT2D eigenvalue weighted by Gasteiger charge is -2.08. The molecule has 1 aromatic carbocycles. The summed E-state index contributed by atoms with van der Waals surface area (Å²) in [6.45, 7) is 0. The lowest BCUT2D eigenvalue weighted by atomic mass is 9.95. The van der Waals surface area contributed by atoms with Gasteiger partial charge >= 0.3 is 5.97 Å². The number of benzene rings is 1. The molecule has 1 aromatic heterocycles. The molecule has 17 heavy (non-hydrogen) atoms. The number of ketones is 1. The smallest absolute Gasteiger partial charge is 0.322 e. The Bertz CT molecular complexity index is 514. The first-order valence-electron chi connectivity index (χ1n) is 5.05. The number of carboxylic acids is 1. The molecule has 0 aliphatic heterocycles. The molecule has 0 saturated heterocycles. The molecule has 0 fully saturated rings. The number of carbonyl (C=O) groups excluding carboxylic acids is 1. The van der Waals surface area contributed by atoms with Gasteiger partial charge in [-0.25, -0.2) is 0 Å². The lowest BCUT2D eigenvalue weighted by Crippen LogP contribution is -2.21. The van der Waals surface area contributed by atoms with Crippen LogP contribution in [-0.2, 0) is 4.79 Å². The van der Waals surface area contributed by atoms with E-state index in [1.807, 2.05) is 0 Å². The van der Waals surface area contributed by atoms with Crippen molar-refractivity contribution in [1.29, 1.82) is 0 Å². The van der Waals surface area contributed by atoms with Gasteiger partial charge < -0.3 is 9.52 Å². The Morgan fingerprint density at radius 1 is 1.06 bits per heavy atom. The number of rotatable bonds is 4. The van der Waals surface area contributed by atoms with Gasteiger partial charge in [-0.15, -0.1) is 0 Å². The molecule has 0 aliphatic carbocycles. The van der Waals surface area contributed by atoms with Crippen LogP contribution in [0, 0.1) is 0 Å². The first kappa shape index (κ1) is 11.1. The van der Waals surface area contributed by atoms with Crippen molar-refractivity contribution in [2.24, 2.45) is 0 Å². The maximum absolute atomic E-state index is 12.0. The third-order valence-corrected chi connectivity index (χ3v) is 2.40. The van der Waals surface area contributed by atoms with Crippen molar-refractivity contribution in [3.63, 3.8) is 0 Å². The van der Waals surface area contributed by atoms with Crippen molar-refractivity contribution < 1.29 is 19.1 Å². The van der Waals surface area contributed by atoms with Crippen molar-refractivity contribution in [2.75, 3.05) is 0 Å². The van der Waals surface area contributed by atoms with Crippen LogP contribution >= 0.6 is 0 Å². The first-order valence-corrected chi connectivity index (χ1v) is 5.05. The topological polar surface area (TPSA) is 67.5 Å².